The molecule has 2 aromatic rings. The molecule has 1 aromatic carbocycles. The molecule has 0 saturated heterocycles. The van der Waals surface area contributed by atoms with Crippen molar-refractivity contribution in [3.05, 3.63) is 52.3 Å². The molecule has 33 heavy (non-hydrogen) atoms. The van der Waals surface area contributed by atoms with Gasteiger partial charge in [0, 0.05) is 22.5 Å². The van der Waals surface area contributed by atoms with Crippen LogP contribution in [0.4, 0.5) is 18.9 Å². The molecule has 1 aromatic heterocycles. The minimum Gasteiger partial charge on any atom is -0.426 e. The number of benzene rings is 1. The maximum absolute atomic E-state index is 13.1. The van der Waals surface area contributed by atoms with Crippen LogP contribution in [0, 0.1) is 0 Å². The third kappa shape index (κ3) is 4.27. The first-order valence-corrected chi connectivity index (χ1v) is 10.4. The molecule has 1 fully saturated rings. The number of hydrogen-bond donors (Lipinski definition) is 2. The number of nitrogens with one attached hydrogen (secondary N) is 2. The van der Waals surface area contributed by atoms with Gasteiger partial charge in [-0.1, -0.05) is 11.6 Å². The van der Waals surface area contributed by atoms with E-state index in [2.05, 4.69) is 10.3 Å². The molecule has 174 valence electrons. The van der Waals surface area contributed by atoms with E-state index < -0.39 is 34.9 Å². The molecule has 4 rings (SSSR count). The molecule has 0 unspecified atom stereocenters. The van der Waals surface area contributed by atoms with E-state index >= 15 is 0 Å². The maximum Gasteiger partial charge on any atom is 0.411 e. The number of nitrogens with zero attached hydrogens (tertiary/aromatic N) is 1. The predicted molar refractivity (Wildman–Crippen MR) is 112 cm³/mol. The molecule has 7 nitrogen and oxygen atoms in total. The molecule has 0 spiro atoms. The fraction of sp³-hybridized carbons (Fsp3) is 0.364. The second-order valence-electron chi connectivity index (χ2n) is 8.64. The second kappa shape index (κ2) is 7.72. The molecule has 1 aliphatic carbocycles. The molecule has 2 N–H and O–H groups in total. The normalized spacial score (nSPS) is 17.7. The van der Waals surface area contributed by atoms with Gasteiger partial charge in [-0.25, -0.2) is 0 Å². The van der Waals surface area contributed by atoms with Crippen LogP contribution in [0.2, 0.25) is 5.02 Å². The Morgan fingerprint density at radius 1 is 1.21 bits per heavy atom. The van der Waals surface area contributed by atoms with Crippen molar-refractivity contribution >= 4 is 35.1 Å². The Hall–Kier alpha value is -3.14. The van der Waals surface area contributed by atoms with E-state index in [0.717, 1.165) is 0 Å². The SMILES string of the molecule is CC1(C)C(=O)Oc2cc(CC(=O)Nc3ccnc(C(=O)NC4(C(F)(F)F)CC4)c3)c(Cl)cc21. The Kier molecular flexibility index (Phi) is 5.39. The molecule has 2 heterocycles. The summed E-state index contributed by atoms with van der Waals surface area (Å²) in [5.74, 6) is -1.56. The largest absolute Gasteiger partial charge is 0.426 e. The number of pyridine rings is 1. The Morgan fingerprint density at radius 3 is 2.55 bits per heavy atom. The first kappa shape index (κ1) is 23.0. The zero-order valence-corrected chi connectivity index (χ0v) is 18.4. The maximum atomic E-state index is 13.1. The third-order valence-electron chi connectivity index (χ3n) is 5.81. The predicted octanol–water partition coefficient (Wildman–Crippen LogP) is 3.94. The summed E-state index contributed by atoms with van der Waals surface area (Å²) in [6, 6.07) is 5.71. The van der Waals surface area contributed by atoms with Crippen molar-refractivity contribution in [3.8, 4) is 5.75 Å². The van der Waals surface area contributed by atoms with Gasteiger partial charge in [0.25, 0.3) is 5.91 Å². The Morgan fingerprint density at radius 2 is 1.91 bits per heavy atom. The van der Waals surface area contributed by atoms with Gasteiger partial charge in [-0.05, 0) is 56.5 Å². The van der Waals surface area contributed by atoms with E-state index in [-0.39, 0.29) is 35.7 Å². The highest BCUT2D eigenvalue weighted by atomic mass is 35.5. The number of fused-ring (bicyclic) bond motifs is 1. The van der Waals surface area contributed by atoms with Crippen molar-refractivity contribution in [2.75, 3.05) is 5.32 Å². The molecular weight excluding hydrogens is 463 g/mol. The summed E-state index contributed by atoms with van der Waals surface area (Å²) in [6.45, 7) is 3.42. The van der Waals surface area contributed by atoms with Crippen LogP contribution in [0.1, 0.15) is 48.3 Å². The molecular formula is C22H19ClF3N3O4. The summed E-state index contributed by atoms with van der Waals surface area (Å²) in [6.07, 6.45) is -3.88. The van der Waals surface area contributed by atoms with Crippen molar-refractivity contribution in [1.29, 1.82) is 0 Å². The Bertz CT molecular complexity index is 1180. The van der Waals surface area contributed by atoms with Gasteiger partial charge in [0.2, 0.25) is 5.91 Å². The van der Waals surface area contributed by atoms with Crippen molar-refractivity contribution in [2.24, 2.45) is 0 Å². The zero-order valence-electron chi connectivity index (χ0n) is 17.6. The molecule has 11 heteroatoms. The molecule has 0 atom stereocenters. The number of halogens is 4. The summed E-state index contributed by atoms with van der Waals surface area (Å²) in [7, 11) is 0. The van der Waals surface area contributed by atoms with Crippen molar-refractivity contribution in [1.82, 2.24) is 10.3 Å². The number of rotatable bonds is 5. The number of carbonyl (C=O) groups is 3. The van der Waals surface area contributed by atoms with Crippen LogP contribution < -0.4 is 15.4 Å². The quantitative estimate of drug-likeness (QED) is 0.498. The molecule has 2 amide bonds. The van der Waals surface area contributed by atoms with Crippen LogP contribution in [0.5, 0.6) is 5.75 Å². The number of carbonyl (C=O) groups excluding carboxylic acids is 3. The summed E-state index contributed by atoms with van der Waals surface area (Å²) < 4.78 is 44.5. The second-order valence-corrected chi connectivity index (χ2v) is 9.05. The summed E-state index contributed by atoms with van der Waals surface area (Å²) in [5, 5.41) is 4.84. The van der Waals surface area contributed by atoms with E-state index in [1.54, 1.807) is 19.9 Å². The van der Waals surface area contributed by atoms with E-state index in [9.17, 15) is 27.6 Å². The van der Waals surface area contributed by atoms with Gasteiger partial charge in [-0.2, -0.15) is 13.2 Å². The van der Waals surface area contributed by atoms with Gasteiger partial charge >= 0.3 is 12.1 Å². The number of alkyl halides is 3. The standard InChI is InChI=1S/C22H19ClF3N3O4/c1-20(2)13-10-14(23)11(7-16(13)33-19(20)32)8-17(30)28-12-3-6-27-15(9-12)18(31)29-21(4-5-21)22(24,25)26/h3,6-7,9-10H,4-5,8H2,1-2H3,(H,29,31)(H,27,28,30). The summed E-state index contributed by atoms with van der Waals surface area (Å²) in [5.41, 5.74) is -2.09. The number of anilines is 1. The van der Waals surface area contributed by atoms with Crippen LogP contribution in [0.3, 0.4) is 0 Å². The highest BCUT2D eigenvalue weighted by Gasteiger charge is 2.64. The lowest BCUT2D eigenvalue weighted by Gasteiger charge is -2.20. The average Bonchev–Trinajstić information content (AvgIpc) is 3.47. The smallest absolute Gasteiger partial charge is 0.411 e. The van der Waals surface area contributed by atoms with Crippen LogP contribution in [-0.2, 0) is 21.4 Å². The van der Waals surface area contributed by atoms with Gasteiger partial charge in [0.1, 0.15) is 17.0 Å². The monoisotopic (exact) mass is 481 g/mol. The fourth-order valence-electron chi connectivity index (χ4n) is 3.54. The van der Waals surface area contributed by atoms with Crippen LogP contribution in [0.15, 0.2) is 30.5 Å². The molecule has 0 bridgehead atoms. The van der Waals surface area contributed by atoms with Crippen LogP contribution in [0.25, 0.3) is 0 Å². The Labute approximate surface area is 191 Å². The Balaban J connectivity index is 1.45. The topological polar surface area (TPSA) is 97.4 Å². The van der Waals surface area contributed by atoms with Gasteiger partial charge < -0.3 is 15.4 Å². The third-order valence-corrected chi connectivity index (χ3v) is 6.16. The van der Waals surface area contributed by atoms with Gasteiger partial charge in [0.15, 0.2) is 0 Å². The first-order valence-electron chi connectivity index (χ1n) is 10.0. The highest BCUT2D eigenvalue weighted by Crippen LogP contribution is 2.49. The van der Waals surface area contributed by atoms with Crippen molar-refractivity contribution in [2.45, 2.75) is 50.2 Å². The van der Waals surface area contributed by atoms with Gasteiger partial charge in [0.05, 0.1) is 11.8 Å². The van der Waals surface area contributed by atoms with E-state index in [4.69, 9.17) is 16.3 Å². The first-order chi connectivity index (χ1) is 15.3. The lowest BCUT2D eigenvalue weighted by Crippen LogP contribution is -2.48. The minimum atomic E-state index is -4.55. The number of aromatic nitrogens is 1. The lowest BCUT2D eigenvalue weighted by molar-refractivity contribution is -0.163. The van der Waals surface area contributed by atoms with E-state index in [1.165, 1.54) is 24.4 Å². The van der Waals surface area contributed by atoms with Crippen LogP contribution >= 0.6 is 11.6 Å². The summed E-state index contributed by atoms with van der Waals surface area (Å²) >= 11 is 6.30. The number of amides is 2. The number of ether oxygens (including phenoxy) is 1. The summed E-state index contributed by atoms with van der Waals surface area (Å²) in [4.78, 5) is 40.6. The zero-order chi connectivity index (χ0) is 24.2. The lowest BCUT2D eigenvalue weighted by atomic mass is 9.86. The van der Waals surface area contributed by atoms with E-state index in [1.807, 2.05) is 5.32 Å². The molecule has 1 aliphatic heterocycles. The minimum absolute atomic E-state index is 0.162. The van der Waals surface area contributed by atoms with Crippen LogP contribution in [-0.4, -0.2) is 34.5 Å². The molecule has 0 radical (unpaired) electrons. The fourth-order valence-corrected chi connectivity index (χ4v) is 3.77. The average molecular weight is 482 g/mol. The van der Waals surface area contributed by atoms with Gasteiger partial charge in [-0.15, -0.1) is 0 Å². The van der Waals surface area contributed by atoms with Gasteiger partial charge in [-0.3, -0.25) is 19.4 Å². The van der Waals surface area contributed by atoms with E-state index in [0.29, 0.717) is 16.9 Å². The van der Waals surface area contributed by atoms with Crippen molar-refractivity contribution < 1.29 is 32.3 Å². The van der Waals surface area contributed by atoms with Crippen molar-refractivity contribution in [3.63, 3.8) is 0 Å². The highest BCUT2D eigenvalue weighted by molar-refractivity contribution is 6.31. The molecule has 1 saturated carbocycles. The number of esters is 1. The molecule has 2 aliphatic rings. The number of hydrogen-bond acceptors (Lipinski definition) is 5.